The van der Waals surface area contributed by atoms with E-state index in [1.54, 1.807) is 6.08 Å². The number of hydrogen-bond donors (Lipinski definition) is 0. The normalized spacial score (nSPS) is 23.6. The molecule has 0 unspecified atom stereocenters. The molecule has 0 aromatic rings. The molecule has 1 fully saturated rings. The van der Waals surface area contributed by atoms with Gasteiger partial charge in [0.1, 0.15) is 0 Å². The lowest BCUT2D eigenvalue weighted by molar-refractivity contribution is -0.119. The van der Waals surface area contributed by atoms with Crippen LogP contribution < -0.4 is 0 Å². The zero-order valence-electron chi connectivity index (χ0n) is 16.8. The third-order valence-electron chi connectivity index (χ3n) is 6.31. The Morgan fingerprint density at radius 3 is 1.69 bits per heavy atom. The molecule has 2 rings (SSSR count). The first-order chi connectivity index (χ1) is 12.6. The smallest absolute Gasteiger partial charge is 0.224 e. The summed E-state index contributed by atoms with van der Waals surface area (Å²) in [6, 6.07) is 0. The van der Waals surface area contributed by atoms with Crippen molar-refractivity contribution in [1.29, 1.82) is 0 Å². The van der Waals surface area contributed by atoms with Crippen molar-refractivity contribution < 1.29 is 14.3 Å². The molecule has 0 aromatic heterocycles. The summed E-state index contributed by atoms with van der Waals surface area (Å²) < 4.78 is 5.20. The van der Waals surface area contributed by atoms with Crippen LogP contribution in [-0.2, 0) is 14.3 Å². The monoisotopic (exact) mass is 360 g/mol. The number of Topliss-reactive ketones (excluding diaryl/α,β-unsaturated/α-hetero) is 1. The molecule has 0 amide bonds. The maximum absolute atomic E-state index is 12.9. The van der Waals surface area contributed by atoms with Crippen LogP contribution in [0.1, 0.15) is 96.8 Å². The molecule has 3 heteroatoms. The molecule has 26 heavy (non-hydrogen) atoms. The van der Waals surface area contributed by atoms with Gasteiger partial charge in [0.05, 0.1) is 7.11 Å². The van der Waals surface area contributed by atoms with Crippen LogP contribution >= 0.6 is 0 Å². The third-order valence-corrected chi connectivity index (χ3v) is 6.31. The Morgan fingerprint density at radius 1 is 0.808 bits per heavy atom. The highest BCUT2D eigenvalue weighted by molar-refractivity contribution is 6.19. The molecule has 0 atom stereocenters. The van der Waals surface area contributed by atoms with E-state index in [2.05, 4.69) is 6.92 Å². The Balaban J connectivity index is 2.18. The first kappa shape index (κ1) is 20.9. The molecule has 0 spiro atoms. The number of hydrogen-bond acceptors (Lipinski definition) is 3. The van der Waals surface area contributed by atoms with Crippen molar-refractivity contribution in [2.24, 2.45) is 5.41 Å². The van der Waals surface area contributed by atoms with Gasteiger partial charge in [-0.05, 0) is 30.8 Å². The van der Waals surface area contributed by atoms with Gasteiger partial charge in [0, 0.05) is 11.6 Å². The van der Waals surface area contributed by atoms with Gasteiger partial charge < -0.3 is 4.74 Å². The molecule has 2 aliphatic rings. The molecule has 0 aliphatic heterocycles. The second-order valence-electron chi connectivity index (χ2n) is 8.03. The number of rotatable bonds is 3. The van der Waals surface area contributed by atoms with Crippen molar-refractivity contribution in [2.75, 3.05) is 7.11 Å². The largest absolute Gasteiger partial charge is 0.493 e. The summed E-state index contributed by atoms with van der Waals surface area (Å²) in [5.41, 5.74) is 0.533. The van der Waals surface area contributed by atoms with E-state index in [9.17, 15) is 9.59 Å². The van der Waals surface area contributed by atoms with Gasteiger partial charge in [-0.1, -0.05) is 77.6 Å². The van der Waals surface area contributed by atoms with E-state index in [0.29, 0.717) is 5.57 Å². The van der Waals surface area contributed by atoms with Crippen molar-refractivity contribution >= 4 is 11.6 Å². The molecule has 2 aliphatic carbocycles. The van der Waals surface area contributed by atoms with E-state index in [-0.39, 0.29) is 22.7 Å². The second kappa shape index (κ2) is 10.7. The summed E-state index contributed by atoms with van der Waals surface area (Å²) in [6.45, 7) is 2.17. The minimum atomic E-state index is -0.172. The lowest BCUT2D eigenvalue weighted by Crippen LogP contribution is -2.31. The lowest BCUT2D eigenvalue weighted by Gasteiger charge is -2.36. The fourth-order valence-corrected chi connectivity index (χ4v) is 4.58. The molecule has 0 radical (unpaired) electrons. The molecule has 0 saturated heterocycles. The van der Waals surface area contributed by atoms with Crippen molar-refractivity contribution in [1.82, 2.24) is 0 Å². The summed E-state index contributed by atoms with van der Waals surface area (Å²) in [5, 5.41) is 0. The maximum Gasteiger partial charge on any atom is 0.224 e. The number of carbonyl (C=O) groups excluding carboxylic acids is 2. The van der Waals surface area contributed by atoms with Crippen LogP contribution in [0.2, 0.25) is 0 Å². The van der Waals surface area contributed by atoms with E-state index in [1.807, 2.05) is 0 Å². The van der Waals surface area contributed by atoms with Crippen LogP contribution in [0.25, 0.3) is 0 Å². The summed E-state index contributed by atoms with van der Waals surface area (Å²) in [5.74, 6) is 0.0264. The lowest BCUT2D eigenvalue weighted by atomic mass is 9.67. The summed E-state index contributed by atoms with van der Waals surface area (Å²) >= 11 is 0. The Hall–Kier alpha value is -1.38. The topological polar surface area (TPSA) is 43.4 Å². The number of carbonyl (C=O) groups is 2. The minimum Gasteiger partial charge on any atom is -0.493 e. The molecule has 146 valence electrons. The van der Waals surface area contributed by atoms with Gasteiger partial charge in [0.25, 0.3) is 0 Å². The van der Waals surface area contributed by atoms with Crippen LogP contribution in [-0.4, -0.2) is 18.7 Å². The first-order valence-corrected chi connectivity index (χ1v) is 10.7. The van der Waals surface area contributed by atoms with Gasteiger partial charge >= 0.3 is 0 Å². The molecule has 1 saturated carbocycles. The standard InChI is InChI=1S/C23H36O3/c1-3-23(20-17-19(24)18-21(26-2)22(20)25)15-13-11-9-7-5-4-6-8-10-12-14-16-23/h17-18H,3-16H2,1-2H3. The molecule has 0 N–H and O–H groups in total. The molecule has 0 heterocycles. The van der Waals surface area contributed by atoms with Crippen molar-refractivity contribution in [2.45, 2.75) is 96.8 Å². The van der Waals surface area contributed by atoms with Gasteiger partial charge in [-0.2, -0.15) is 0 Å². The molecule has 0 aromatic carbocycles. The summed E-state index contributed by atoms with van der Waals surface area (Å²) in [4.78, 5) is 25.1. The van der Waals surface area contributed by atoms with Gasteiger partial charge in [-0.25, -0.2) is 0 Å². The van der Waals surface area contributed by atoms with Crippen LogP contribution in [0.4, 0.5) is 0 Å². The minimum absolute atomic E-state index is 0.0740. The van der Waals surface area contributed by atoms with Crippen LogP contribution in [0, 0.1) is 5.41 Å². The van der Waals surface area contributed by atoms with Gasteiger partial charge in [-0.15, -0.1) is 0 Å². The predicted molar refractivity (Wildman–Crippen MR) is 106 cm³/mol. The van der Waals surface area contributed by atoms with Gasteiger partial charge in [0.2, 0.25) is 5.78 Å². The number of methoxy groups -OCH3 is 1. The fourth-order valence-electron chi connectivity index (χ4n) is 4.58. The maximum atomic E-state index is 12.9. The Kier molecular flexibility index (Phi) is 8.61. The quantitative estimate of drug-likeness (QED) is 0.573. The SMILES string of the molecule is CCC1(C2=CC(=O)C=C(OC)C2=O)CCCCCCCCCCCCC1. The highest BCUT2D eigenvalue weighted by Crippen LogP contribution is 2.44. The highest BCUT2D eigenvalue weighted by atomic mass is 16.5. The second-order valence-corrected chi connectivity index (χ2v) is 8.03. The number of allylic oxidation sites excluding steroid dienone is 3. The third kappa shape index (κ3) is 5.56. The van der Waals surface area contributed by atoms with E-state index < -0.39 is 0 Å². The molecule has 0 bridgehead atoms. The Morgan fingerprint density at radius 2 is 1.27 bits per heavy atom. The van der Waals surface area contributed by atoms with Crippen molar-refractivity contribution in [3.63, 3.8) is 0 Å². The van der Waals surface area contributed by atoms with Crippen LogP contribution in [0.5, 0.6) is 0 Å². The zero-order chi connectivity index (χ0) is 18.8. The summed E-state index contributed by atoms with van der Waals surface area (Å²) in [7, 11) is 1.48. The van der Waals surface area contributed by atoms with E-state index in [1.165, 1.54) is 71.0 Å². The Labute approximate surface area is 159 Å². The highest BCUT2D eigenvalue weighted by Gasteiger charge is 2.39. The van der Waals surface area contributed by atoms with E-state index in [4.69, 9.17) is 4.74 Å². The Bertz CT molecular complexity index is 528. The van der Waals surface area contributed by atoms with Gasteiger partial charge in [0.15, 0.2) is 11.5 Å². The number of ether oxygens (including phenoxy) is 1. The van der Waals surface area contributed by atoms with E-state index in [0.717, 1.165) is 32.1 Å². The van der Waals surface area contributed by atoms with E-state index >= 15 is 0 Å². The first-order valence-electron chi connectivity index (χ1n) is 10.7. The molecular weight excluding hydrogens is 324 g/mol. The molecule has 3 nitrogen and oxygen atoms in total. The van der Waals surface area contributed by atoms with Gasteiger partial charge in [-0.3, -0.25) is 9.59 Å². The van der Waals surface area contributed by atoms with Crippen LogP contribution in [0.3, 0.4) is 0 Å². The van der Waals surface area contributed by atoms with Crippen molar-refractivity contribution in [3.8, 4) is 0 Å². The van der Waals surface area contributed by atoms with Crippen molar-refractivity contribution in [3.05, 3.63) is 23.5 Å². The summed E-state index contributed by atoms with van der Waals surface area (Å²) in [6.07, 6.45) is 19.9. The average Bonchev–Trinajstić information content (AvgIpc) is 2.65. The average molecular weight is 361 g/mol. The zero-order valence-corrected chi connectivity index (χ0v) is 16.8. The predicted octanol–water partition coefficient (Wildman–Crippen LogP) is 6.08. The number of ketones is 2. The molecular formula is C23H36O3. The van der Waals surface area contributed by atoms with Crippen LogP contribution in [0.15, 0.2) is 23.5 Å². The fraction of sp³-hybridized carbons (Fsp3) is 0.739.